The lowest BCUT2D eigenvalue weighted by Crippen LogP contribution is -2.44. The number of nitrogens with zero attached hydrogens (tertiary/aromatic N) is 2. The molecule has 1 saturated heterocycles. The number of Topliss-reactive ketones (excluding diaryl/α,β-unsaturated/α-hetero) is 1. The Bertz CT molecular complexity index is 1330. The molecule has 1 aliphatic carbocycles. The minimum atomic E-state index is -1.24. The molecule has 0 bridgehead atoms. The second-order valence-electron chi connectivity index (χ2n) is 9.26. The van der Waals surface area contributed by atoms with E-state index in [9.17, 15) is 29.6 Å². The van der Waals surface area contributed by atoms with Crippen molar-refractivity contribution in [3.63, 3.8) is 0 Å². The van der Waals surface area contributed by atoms with Gasteiger partial charge in [-0.05, 0) is 54.1 Å². The van der Waals surface area contributed by atoms with Crippen LogP contribution < -0.4 is 4.74 Å². The third-order valence-corrected chi connectivity index (χ3v) is 8.07. The fourth-order valence-electron chi connectivity index (χ4n) is 5.23. The molecule has 5 rings (SSSR count). The first-order valence-electron chi connectivity index (χ1n) is 11.8. The first kappa shape index (κ1) is 24.6. The average Bonchev–Trinajstić information content (AvgIpc) is 3.49. The van der Waals surface area contributed by atoms with Crippen LogP contribution in [-0.4, -0.2) is 45.7 Å². The normalized spacial score (nSPS) is 23.0. The highest BCUT2D eigenvalue weighted by Crippen LogP contribution is 2.53. The summed E-state index contributed by atoms with van der Waals surface area (Å²) in [6, 6.07) is 13.7. The molecular formula is C27H24N2O7S. The minimum Gasteiger partial charge on any atom is -0.497 e. The van der Waals surface area contributed by atoms with E-state index in [1.807, 2.05) is 5.38 Å². The molecule has 4 atom stereocenters. The topological polar surface area (TPSA) is 127 Å². The SMILES string of the molecule is COc1ccc(C2C(C(=O)c3ccc([N+](=O)[O-])cc3)C(c3cccs3)C(C(=O)O)N2C(=O)C2CC2)cc1. The molecule has 1 saturated carbocycles. The number of hydrogen-bond acceptors (Lipinski definition) is 7. The fraction of sp³-hybridized carbons (Fsp3) is 0.296. The molecule has 2 heterocycles. The van der Waals surface area contributed by atoms with Crippen LogP contribution in [0.5, 0.6) is 5.75 Å². The van der Waals surface area contributed by atoms with Crippen molar-refractivity contribution in [3.8, 4) is 5.75 Å². The Morgan fingerprint density at radius 2 is 1.73 bits per heavy atom. The van der Waals surface area contributed by atoms with Crippen LogP contribution in [0.15, 0.2) is 66.0 Å². The number of methoxy groups -OCH3 is 1. The maximum Gasteiger partial charge on any atom is 0.327 e. The number of carboxylic acids is 1. The van der Waals surface area contributed by atoms with Crippen LogP contribution in [0.1, 0.15) is 45.6 Å². The second-order valence-corrected chi connectivity index (χ2v) is 10.2. The number of benzene rings is 2. The van der Waals surface area contributed by atoms with Crippen molar-refractivity contribution in [2.45, 2.75) is 30.8 Å². The maximum atomic E-state index is 14.1. The standard InChI is InChI=1S/C27H24N2O7S/c1-36-19-12-8-15(9-13-19)23-22(25(30)16-6-10-18(11-7-16)29(34)35)21(20-3-2-14-37-20)24(27(32)33)28(23)26(31)17-4-5-17/h2-3,6-14,17,21-24H,4-5H2,1H3,(H,32,33). The van der Waals surface area contributed by atoms with Crippen LogP contribution in [0.25, 0.3) is 0 Å². The zero-order valence-electron chi connectivity index (χ0n) is 19.9. The van der Waals surface area contributed by atoms with Gasteiger partial charge in [0.1, 0.15) is 11.8 Å². The Kier molecular flexibility index (Phi) is 6.51. The van der Waals surface area contributed by atoms with Gasteiger partial charge >= 0.3 is 5.97 Å². The predicted octanol–water partition coefficient (Wildman–Crippen LogP) is 4.69. The number of non-ortho nitro benzene ring substituents is 1. The molecule has 37 heavy (non-hydrogen) atoms. The molecule has 190 valence electrons. The van der Waals surface area contributed by atoms with E-state index in [2.05, 4.69) is 0 Å². The van der Waals surface area contributed by atoms with Crippen LogP contribution in [-0.2, 0) is 9.59 Å². The van der Waals surface area contributed by atoms with Crippen LogP contribution in [0.3, 0.4) is 0 Å². The van der Waals surface area contributed by atoms with Gasteiger partial charge in [0, 0.05) is 34.4 Å². The highest BCUT2D eigenvalue weighted by atomic mass is 32.1. The molecule has 0 spiro atoms. The third kappa shape index (κ3) is 4.48. The summed E-state index contributed by atoms with van der Waals surface area (Å²) in [5.41, 5.74) is 0.694. The van der Waals surface area contributed by atoms with E-state index >= 15 is 0 Å². The van der Waals surface area contributed by atoms with Crippen LogP contribution >= 0.6 is 11.3 Å². The number of rotatable bonds is 8. The molecule has 1 aliphatic heterocycles. The van der Waals surface area contributed by atoms with E-state index in [1.54, 1.807) is 36.4 Å². The lowest BCUT2D eigenvalue weighted by Gasteiger charge is -2.30. The lowest BCUT2D eigenvalue weighted by atomic mass is 9.78. The number of carbonyl (C=O) groups excluding carboxylic acids is 2. The van der Waals surface area contributed by atoms with E-state index in [0.29, 0.717) is 29.0 Å². The van der Waals surface area contributed by atoms with Crippen molar-refractivity contribution in [2.75, 3.05) is 7.11 Å². The Morgan fingerprint density at radius 3 is 2.24 bits per heavy atom. The molecule has 2 aromatic carbocycles. The molecule has 2 aliphatic rings. The van der Waals surface area contributed by atoms with Crippen LogP contribution in [0.2, 0.25) is 0 Å². The number of ether oxygens (including phenoxy) is 1. The zero-order valence-corrected chi connectivity index (χ0v) is 20.7. The number of aliphatic carboxylic acids is 1. The summed E-state index contributed by atoms with van der Waals surface area (Å²) in [6.45, 7) is 0. The van der Waals surface area contributed by atoms with Crippen LogP contribution in [0, 0.1) is 22.0 Å². The number of nitro benzene ring substituents is 1. The monoisotopic (exact) mass is 520 g/mol. The number of likely N-dealkylation sites (tertiary alicyclic amines) is 1. The molecule has 10 heteroatoms. The highest BCUT2D eigenvalue weighted by Gasteiger charge is 2.59. The van der Waals surface area contributed by atoms with Gasteiger partial charge in [-0.25, -0.2) is 4.79 Å². The van der Waals surface area contributed by atoms with Crippen molar-refractivity contribution >= 4 is 34.7 Å². The van der Waals surface area contributed by atoms with Gasteiger partial charge in [-0.2, -0.15) is 0 Å². The number of amides is 1. The van der Waals surface area contributed by atoms with Crippen molar-refractivity contribution < 1.29 is 29.2 Å². The van der Waals surface area contributed by atoms with Gasteiger partial charge in [0.05, 0.1) is 24.0 Å². The molecule has 9 nitrogen and oxygen atoms in total. The van der Waals surface area contributed by atoms with Crippen molar-refractivity contribution in [1.29, 1.82) is 0 Å². The van der Waals surface area contributed by atoms with Crippen LogP contribution in [0.4, 0.5) is 5.69 Å². The number of carboxylic acid groups (broad SMARTS) is 1. The Labute approximate surface area is 216 Å². The Balaban J connectivity index is 1.69. The van der Waals surface area contributed by atoms with Crippen molar-refractivity contribution in [1.82, 2.24) is 4.90 Å². The summed E-state index contributed by atoms with van der Waals surface area (Å²) >= 11 is 1.34. The number of nitro groups is 1. The molecule has 1 N–H and O–H groups in total. The van der Waals surface area contributed by atoms with E-state index in [4.69, 9.17) is 4.74 Å². The largest absolute Gasteiger partial charge is 0.497 e. The lowest BCUT2D eigenvalue weighted by molar-refractivity contribution is -0.384. The van der Waals surface area contributed by atoms with E-state index < -0.39 is 34.8 Å². The van der Waals surface area contributed by atoms with Gasteiger partial charge in [-0.3, -0.25) is 19.7 Å². The molecule has 2 fully saturated rings. The van der Waals surface area contributed by atoms with Gasteiger partial charge in [0.2, 0.25) is 5.91 Å². The van der Waals surface area contributed by atoms with Gasteiger partial charge in [0.25, 0.3) is 5.69 Å². The van der Waals surface area contributed by atoms with Gasteiger partial charge in [-0.1, -0.05) is 18.2 Å². The number of hydrogen-bond donors (Lipinski definition) is 1. The van der Waals surface area contributed by atoms with E-state index in [1.165, 1.54) is 47.6 Å². The summed E-state index contributed by atoms with van der Waals surface area (Å²) in [4.78, 5) is 53.2. The quantitative estimate of drug-likeness (QED) is 0.259. The summed E-state index contributed by atoms with van der Waals surface area (Å²) < 4.78 is 5.27. The summed E-state index contributed by atoms with van der Waals surface area (Å²) in [7, 11) is 1.53. The number of ketones is 1. The summed E-state index contributed by atoms with van der Waals surface area (Å²) in [5.74, 6) is -3.21. The first-order valence-corrected chi connectivity index (χ1v) is 12.7. The van der Waals surface area contributed by atoms with Crippen molar-refractivity contribution in [2.24, 2.45) is 11.8 Å². The summed E-state index contributed by atoms with van der Waals surface area (Å²) in [6.07, 6.45) is 1.36. The van der Waals surface area contributed by atoms with E-state index in [0.717, 1.165) is 0 Å². The third-order valence-electron chi connectivity index (χ3n) is 7.10. The minimum absolute atomic E-state index is 0.154. The zero-order chi connectivity index (χ0) is 26.3. The molecule has 1 aromatic heterocycles. The molecular weight excluding hydrogens is 496 g/mol. The van der Waals surface area contributed by atoms with E-state index in [-0.39, 0.29) is 28.9 Å². The maximum absolute atomic E-state index is 14.1. The molecule has 0 radical (unpaired) electrons. The fourth-order valence-corrected chi connectivity index (χ4v) is 6.13. The number of thiophene rings is 1. The first-order chi connectivity index (χ1) is 17.8. The average molecular weight is 521 g/mol. The second kappa shape index (κ2) is 9.78. The molecule has 4 unspecified atom stereocenters. The Morgan fingerprint density at radius 1 is 1.05 bits per heavy atom. The Hall–Kier alpha value is -4.05. The van der Waals surface area contributed by atoms with Gasteiger partial charge in [-0.15, -0.1) is 11.3 Å². The predicted molar refractivity (Wildman–Crippen MR) is 135 cm³/mol. The highest BCUT2D eigenvalue weighted by molar-refractivity contribution is 7.10. The molecule has 3 aromatic rings. The van der Waals surface area contributed by atoms with Gasteiger partial charge < -0.3 is 14.7 Å². The molecule has 1 amide bonds. The number of carbonyl (C=O) groups is 3. The summed E-state index contributed by atoms with van der Waals surface area (Å²) in [5, 5.41) is 23.4. The van der Waals surface area contributed by atoms with Crippen molar-refractivity contribution in [3.05, 3.63) is 92.2 Å². The smallest absolute Gasteiger partial charge is 0.327 e. The van der Waals surface area contributed by atoms with Gasteiger partial charge in [0.15, 0.2) is 5.78 Å².